The van der Waals surface area contributed by atoms with Gasteiger partial charge in [-0.15, -0.1) is 0 Å². The molecule has 3 fully saturated rings. The molecule has 2 aromatic rings. The van der Waals surface area contributed by atoms with Crippen molar-refractivity contribution in [2.45, 2.75) is 18.7 Å². The zero-order valence-electron chi connectivity index (χ0n) is 17.5. The van der Waals surface area contributed by atoms with E-state index in [1.807, 2.05) is 18.2 Å². The van der Waals surface area contributed by atoms with Gasteiger partial charge in [0.1, 0.15) is 11.9 Å². The second kappa shape index (κ2) is 8.55. The molecular formula is C23H26FN5O2S. The molecule has 1 saturated carbocycles. The van der Waals surface area contributed by atoms with Crippen LogP contribution in [0.25, 0.3) is 0 Å². The minimum atomic E-state index is -0.498. The molecule has 0 bridgehead atoms. The molecular weight excluding hydrogens is 429 g/mol. The van der Waals surface area contributed by atoms with Gasteiger partial charge in [0, 0.05) is 25.7 Å². The maximum absolute atomic E-state index is 15.0. The SMILES string of the molecule is NC(=S)NC[C@H]1CN(c2ccc(N3C[C@@H]4C(NCc5ccccc5)[C@@H]4C3)c(F)c2)C(=O)O1. The van der Waals surface area contributed by atoms with Crippen molar-refractivity contribution in [1.29, 1.82) is 0 Å². The number of rotatable bonds is 7. The van der Waals surface area contributed by atoms with Crippen molar-refractivity contribution in [2.24, 2.45) is 17.6 Å². The Bertz CT molecular complexity index is 1010. The first-order valence-corrected chi connectivity index (χ1v) is 11.2. The average Bonchev–Trinajstić information content (AvgIpc) is 3.09. The van der Waals surface area contributed by atoms with Gasteiger partial charge in [-0.3, -0.25) is 4.90 Å². The van der Waals surface area contributed by atoms with Crippen LogP contribution in [0.4, 0.5) is 20.6 Å². The molecule has 1 aliphatic carbocycles. The van der Waals surface area contributed by atoms with E-state index in [1.165, 1.54) is 16.5 Å². The van der Waals surface area contributed by atoms with E-state index in [4.69, 9.17) is 22.7 Å². The lowest BCUT2D eigenvalue weighted by molar-refractivity contribution is 0.143. The Morgan fingerprint density at radius 2 is 1.91 bits per heavy atom. The summed E-state index contributed by atoms with van der Waals surface area (Å²) in [6.07, 6.45) is -0.889. The van der Waals surface area contributed by atoms with E-state index in [2.05, 4.69) is 27.7 Å². The van der Waals surface area contributed by atoms with Gasteiger partial charge >= 0.3 is 6.09 Å². The van der Waals surface area contributed by atoms with Gasteiger partial charge < -0.3 is 26.0 Å². The minimum Gasteiger partial charge on any atom is -0.442 e. The van der Waals surface area contributed by atoms with Crippen molar-refractivity contribution in [2.75, 3.05) is 36.0 Å². The van der Waals surface area contributed by atoms with Crippen LogP contribution in [-0.4, -0.2) is 49.5 Å². The van der Waals surface area contributed by atoms with Crippen LogP contribution in [0.5, 0.6) is 0 Å². The van der Waals surface area contributed by atoms with Gasteiger partial charge in [-0.25, -0.2) is 9.18 Å². The summed E-state index contributed by atoms with van der Waals surface area (Å²) in [6.45, 7) is 3.18. The Hall–Kier alpha value is -2.91. The summed E-state index contributed by atoms with van der Waals surface area (Å²) in [5, 5.41) is 6.57. The maximum Gasteiger partial charge on any atom is 0.414 e. The topological polar surface area (TPSA) is 82.9 Å². The summed E-state index contributed by atoms with van der Waals surface area (Å²) >= 11 is 4.78. The van der Waals surface area contributed by atoms with Gasteiger partial charge in [-0.2, -0.15) is 0 Å². The molecule has 32 heavy (non-hydrogen) atoms. The Labute approximate surface area is 191 Å². The molecule has 2 saturated heterocycles. The van der Waals surface area contributed by atoms with Gasteiger partial charge in [0.25, 0.3) is 0 Å². The predicted octanol–water partition coefficient (Wildman–Crippen LogP) is 2.21. The first kappa shape index (κ1) is 21.0. The number of anilines is 2. The molecule has 4 N–H and O–H groups in total. The molecule has 0 radical (unpaired) electrons. The number of piperidine rings is 1. The highest BCUT2D eigenvalue weighted by Gasteiger charge is 2.55. The van der Waals surface area contributed by atoms with Crippen LogP contribution in [0.3, 0.4) is 0 Å². The lowest BCUT2D eigenvalue weighted by Crippen LogP contribution is -2.37. The first-order chi connectivity index (χ1) is 15.5. The van der Waals surface area contributed by atoms with Crippen LogP contribution in [0.15, 0.2) is 48.5 Å². The van der Waals surface area contributed by atoms with Crippen molar-refractivity contribution in [3.8, 4) is 0 Å². The third kappa shape index (κ3) is 4.22. The minimum absolute atomic E-state index is 0.149. The zero-order chi connectivity index (χ0) is 22.2. The fraction of sp³-hybridized carbons (Fsp3) is 0.391. The van der Waals surface area contributed by atoms with Crippen LogP contribution >= 0.6 is 12.2 Å². The molecule has 2 aliphatic heterocycles. The van der Waals surface area contributed by atoms with Gasteiger partial charge in [-0.1, -0.05) is 30.3 Å². The smallest absolute Gasteiger partial charge is 0.414 e. The number of carbonyl (C=O) groups is 1. The number of fused-ring (bicyclic) bond motifs is 1. The lowest BCUT2D eigenvalue weighted by Gasteiger charge is -2.24. The Kier molecular flexibility index (Phi) is 5.60. The number of benzene rings is 2. The number of hydrogen-bond acceptors (Lipinski definition) is 5. The zero-order valence-corrected chi connectivity index (χ0v) is 18.4. The number of halogens is 1. The number of cyclic esters (lactones) is 1. The van der Waals surface area contributed by atoms with E-state index in [9.17, 15) is 9.18 Å². The van der Waals surface area contributed by atoms with Crippen LogP contribution in [0, 0.1) is 17.7 Å². The normalized spacial score (nSPS) is 26.1. The molecule has 2 aromatic carbocycles. The van der Waals surface area contributed by atoms with E-state index >= 15 is 0 Å². The third-order valence-electron chi connectivity index (χ3n) is 6.54. The monoisotopic (exact) mass is 455 g/mol. The number of thiocarbonyl (C=S) groups is 1. The molecule has 5 rings (SSSR count). The summed E-state index contributed by atoms with van der Waals surface area (Å²) in [5.41, 5.74) is 7.77. The van der Waals surface area contributed by atoms with Crippen LogP contribution in [0.2, 0.25) is 0 Å². The van der Waals surface area contributed by atoms with Crippen molar-refractivity contribution in [1.82, 2.24) is 10.6 Å². The van der Waals surface area contributed by atoms with E-state index in [1.54, 1.807) is 12.1 Å². The van der Waals surface area contributed by atoms with Crippen molar-refractivity contribution >= 4 is 34.8 Å². The van der Waals surface area contributed by atoms with Gasteiger partial charge in [0.05, 0.1) is 24.5 Å². The van der Waals surface area contributed by atoms with E-state index < -0.39 is 12.2 Å². The molecule has 1 amide bonds. The first-order valence-electron chi connectivity index (χ1n) is 10.8. The average molecular weight is 456 g/mol. The lowest BCUT2D eigenvalue weighted by atomic mass is 10.2. The second-order valence-corrected chi connectivity index (χ2v) is 9.06. The predicted molar refractivity (Wildman–Crippen MR) is 125 cm³/mol. The summed E-state index contributed by atoms with van der Waals surface area (Å²) in [5.74, 6) is 0.775. The quantitative estimate of drug-likeness (QED) is 0.552. The number of nitrogens with one attached hydrogen (secondary N) is 2. The Morgan fingerprint density at radius 1 is 1.16 bits per heavy atom. The second-order valence-electron chi connectivity index (χ2n) is 8.62. The highest BCUT2D eigenvalue weighted by atomic mass is 32.1. The van der Waals surface area contributed by atoms with Gasteiger partial charge in [0.2, 0.25) is 0 Å². The molecule has 0 aromatic heterocycles. The van der Waals surface area contributed by atoms with Crippen LogP contribution in [0.1, 0.15) is 5.56 Å². The number of amides is 1. The van der Waals surface area contributed by atoms with E-state index in [0.29, 0.717) is 42.3 Å². The fourth-order valence-corrected chi connectivity index (χ4v) is 4.91. The maximum atomic E-state index is 15.0. The molecule has 168 valence electrons. The molecule has 2 heterocycles. The number of carbonyl (C=O) groups excluding carboxylic acids is 1. The molecule has 0 spiro atoms. The summed E-state index contributed by atoms with van der Waals surface area (Å²) in [6, 6.07) is 15.8. The Morgan fingerprint density at radius 3 is 2.59 bits per heavy atom. The van der Waals surface area contributed by atoms with E-state index in [-0.39, 0.29) is 10.9 Å². The van der Waals surface area contributed by atoms with Crippen molar-refractivity contribution in [3.05, 3.63) is 59.9 Å². The molecule has 1 unspecified atom stereocenters. The molecule has 4 atom stereocenters. The number of ether oxygens (including phenoxy) is 1. The number of nitrogens with two attached hydrogens (primary N) is 1. The molecule has 9 heteroatoms. The third-order valence-corrected chi connectivity index (χ3v) is 6.68. The highest BCUT2D eigenvalue weighted by Crippen LogP contribution is 2.47. The Balaban J connectivity index is 1.16. The van der Waals surface area contributed by atoms with E-state index in [0.717, 1.165) is 19.6 Å². The van der Waals surface area contributed by atoms with Crippen LogP contribution < -0.4 is 26.2 Å². The summed E-state index contributed by atoms with van der Waals surface area (Å²) in [4.78, 5) is 15.7. The number of hydrogen-bond donors (Lipinski definition) is 3. The molecule has 7 nitrogen and oxygen atoms in total. The standard InChI is InChI=1S/C23H26FN5O2S/c24-19-8-15(29-11-16(31-23(29)30)10-27-22(25)32)6-7-20(19)28-12-17-18(13-28)21(17)26-9-14-4-2-1-3-5-14/h1-8,16-18,21,26H,9-13H2,(H3,25,27,32)/t16-,17-,18+,21?/m0/s1. The van der Waals surface area contributed by atoms with Gasteiger partial charge in [0.15, 0.2) is 5.11 Å². The highest BCUT2D eigenvalue weighted by molar-refractivity contribution is 7.80. The van der Waals surface area contributed by atoms with Gasteiger partial charge in [-0.05, 0) is 47.8 Å². The number of nitrogens with zero attached hydrogens (tertiary/aromatic N) is 2. The largest absolute Gasteiger partial charge is 0.442 e. The van der Waals surface area contributed by atoms with Crippen molar-refractivity contribution in [3.63, 3.8) is 0 Å². The summed E-state index contributed by atoms with van der Waals surface area (Å²) in [7, 11) is 0. The van der Waals surface area contributed by atoms with Crippen molar-refractivity contribution < 1.29 is 13.9 Å². The van der Waals surface area contributed by atoms with Crippen LogP contribution in [-0.2, 0) is 11.3 Å². The summed E-state index contributed by atoms with van der Waals surface area (Å²) < 4.78 is 20.3. The molecule has 3 aliphatic rings. The fourth-order valence-electron chi connectivity index (χ4n) is 4.83.